The molecule has 1 fully saturated rings. The summed E-state index contributed by atoms with van der Waals surface area (Å²) in [5.74, 6) is -0.650. The van der Waals surface area contributed by atoms with Gasteiger partial charge in [0.2, 0.25) is 5.91 Å². The maximum atomic E-state index is 10.9. The van der Waals surface area contributed by atoms with E-state index in [0.29, 0.717) is 0 Å². The average Bonchev–Trinajstić information content (AvgIpc) is 2.21. The predicted molar refractivity (Wildman–Crippen MR) is 46.2 cm³/mol. The summed E-state index contributed by atoms with van der Waals surface area (Å²) >= 11 is 0. The zero-order valence-electron chi connectivity index (χ0n) is 8.75. The average molecular weight is 206 g/mol. The largest absolute Gasteiger partial charge is 0.388 e. The molecular formula is C8H15NO5. The van der Waals surface area contributed by atoms with Gasteiger partial charge in [0.25, 0.3) is 0 Å². The molecule has 1 rings (SSSR count). The second-order valence-electron chi connectivity index (χ2n) is 3.31. The van der Waals surface area contributed by atoms with Gasteiger partial charge in [-0.2, -0.15) is 0 Å². The van der Waals surface area contributed by atoms with Gasteiger partial charge in [-0.05, 0) is 6.92 Å². The molecule has 5 atom stereocenters. The van der Waals surface area contributed by atoms with E-state index < -0.39 is 43.5 Å². The van der Waals surface area contributed by atoms with Crippen LogP contribution >= 0.6 is 0 Å². The van der Waals surface area contributed by atoms with Gasteiger partial charge in [-0.3, -0.25) is 4.79 Å². The first-order valence-electron chi connectivity index (χ1n) is 4.96. The van der Waals surface area contributed by atoms with Crippen LogP contribution in [0.2, 0.25) is 0 Å². The van der Waals surface area contributed by atoms with Crippen molar-refractivity contribution in [2.24, 2.45) is 0 Å². The molecule has 0 aromatic heterocycles. The number of nitrogens with one attached hydrogen (secondary N) is 1. The van der Waals surface area contributed by atoms with Crippen molar-refractivity contribution in [3.63, 3.8) is 0 Å². The van der Waals surface area contributed by atoms with E-state index >= 15 is 0 Å². The lowest BCUT2D eigenvalue weighted by Crippen LogP contribution is -2.62. The number of rotatable bonds is 1. The maximum absolute atomic E-state index is 10.9. The lowest BCUT2D eigenvalue weighted by Gasteiger charge is -2.39. The normalized spacial score (nSPS) is 44.3. The van der Waals surface area contributed by atoms with Crippen molar-refractivity contribution in [1.82, 2.24) is 5.32 Å². The van der Waals surface area contributed by atoms with Crippen molar-refractivity contribution < 1.29 is 26.2 Å². The van der Waals surface area contributed by atoms with Crippen LogP contribution < -0.4 is 5.32 Å². The second kappa shape index (κ2) is 4.22. The highest BCUT2D eigenvalue weighted by atomic mass is 16.6. The number of hydrogen-bond donors (Lipinski definition) is 4. The molecule has 1 heterocycles. The van der Waals surface area contributed by atoms with Crippen molar-refractivity contribution in [3.05, 3.63) is 0 Å². The molecule has 1 unspecified atom stereocenters. The fourth-order valence-corrected chi connectivity index (χ4v) is 1.39. The zero-order chi connectivity index (χ0) is 11.6. The first-order valence-corrected chi connectivity index (χ1v) is 4.25. The molecular weight excluding hydrogens is 190 g/mol. The molecule has 14 heavy (non-hydrogen) atoms. The third-order valence-corrected chi connectivity index (χ3v) is 2.19. The fraction of sp³-hybridized carbons (Fsp3) is 0.875. The summed E-state index contributed by atoms with van der Waals surface area (Å²) < 4.78 is 11.7. The van der Waals surface area contributed by atoms with Crippen LogP contribution in [0.3, 0.4) is 0 Å². The van der Waals surface area contributed by atoms with Crippen LogP contribution in [0.15, 0.2) is 0 Å². The highest BCUT2D eigenvalue weighted by Gasteiger charge is 2.42. The Morgan fingerprint density at radius 2 is 2.07 bits per heavy atom. The Hall–Kier alpha value is -0.690. The van der Waals surface area contributed by atoms with Gasteiger partial charge in [-0.1, -0.05) is 0 Å². The Balaban J connectivity index is 2.65. The number of aliphatic hydroxyl groups is 3. The van der Waals surface area contributed by atoms with E-state index in [1.54, 1.807) is 0 Å². The van der Waals surface area contributed by atoms with Gasteiger partial charge in [0, 0.05) is 8.27 Å². The molecule has 0 bridgehead atoms. The smallest absolute Gasteiger partial charge is 0.217 e. The minimum atomic E-state index is -1.38. The molecule has 4 N–H and O–H groups in total. The molecule has 0 aromatic rings. The molecule has 0 aliphatic carbocycles. The van der Waals surface area contributed by atoms with E-state index in [2.05, 4.69) is 5.32 Å². The van der Waals surface area contributed by atoms with Gasteiger partial charge < -0.3 is 25.4 Å². The summed E-state index contributed by atoms with van der Waals surface area (Å²) in [6.45, 7) is 0.987. The van der Waals surface area contributed by atoms with Crippen molar-refractivity contribution in [3.8, 4) is 0 Å². The Morgan fingerprint density at radius 1 is 1.43 bits per heavy atom. The predicted octanol–water partition coefficient (Wildman–Crippen LogP) is -2.05. The molecule has 6 heteroatoms. The lowest BCUT2D eigenvalue weighted by molar-refractivity contribution is -0.242. The van der Waals surface area contributed by atoms with E-state index in [1.165, 1.54) is 6.92 Å². The van der Waals surface area contributed by atoms with Gasteiger partial charge >= 0.3 is 0 Å². The Kier molecular flexibility index (Phi) is 2.97. The number of aliphatic hydroxyl groups excluding tert-OH is 3. The standard InChI is InChI=1S/C8H15NO5/c1-3-6(11)7(12)5(8(13)14-3)9-4(2)10/h3,5-8,11-13H,1-2H3,(H,9,10)/t3-,5-,6+,7-,8?/m1/s1/i2D. The van der Waals surface area contributed by atoms with E-state index in [-0.39, 0.29) is 0 Å². The van der Waals surface area contributed by atoms with E-state index in [0.717, 1.165) is 0 Å². The number of carbonyl (C=O) groups is 1. The summed E-state index contributed by atoms with van der Waals surface area (Å²) in [6.07, 6.45) is -4.57. The van der Waals surface area contributed by atoms with Crippen molar-refractivity contribution in [2.45, 2.75) is 44.5 Å². The minimum Gasteiger partial charge on any atom is -0.388 e. The monoisotopic (exact) mass is 206 g/mol. The highest BCUT2D eigenvalue weighted by Crippen LogP contribution is 2.19. The lowest BCUT2D eigenvalue weighted by atomic mass is 9.98. The third-order valence-electron chi connectivity index (χ3n) is 2.19. The molecule has 1 amide bonds. The molecule has 1 saturated heterocycles. The molecule has 1 aliphatic heterocycles. The van der Waals surface area contributed by atoms with Crippen LogP contribution in [0.1, 0.15) is 15.2 Å². The third kappa shape index (κ3) is 2.21. The first kappa shape index (κ1) is 9.85. The van der Waals surface area contributed by atoms with E-state index in [1.807, 2.05) is 0 Å². The molecule has 82 valence electrons. The summed E-state index contributed by atoms with van der Waals surface area (Å²) in [5.41, 5.74) is 0. The maximum Gasteiger partial charge on any atom is 0.217 e. The molecule has 6 nitrogen and oxygen atoms in total. The zero-order valence-corrected chi connectivity index (χ0v) is 7.75. The number of hydrogen-bond acceptors (Lipinski definition) is 5. The first-order chi connectivity index (χ1) is 6.97. The van der Waals surface area contributed by atoms with Gasteiger partial charge in [0.15, 0.2) is 6.29 Å². The van der Waals surface area contributed by atoms with Crippen LogP contribution in [0.4, 0.5) is 0 Å². The second-order valence-corrected chi connectivity index (χ2v) is 3.31. The van der Waals surface area contributed by atoms with Gasteiger partial charge in [-0.25, -0.2) is 0 Å². The summed E-state index contributed by atoms with van der Waals surface area (Å²) in [5, 5.41) is 30.6. The topological polar surface area (TPSA) is 99.0 Å². The number of ether oxygens (including phenoxy) is 1. The molecule has 1 aliphatic rings. The van der Waals surface area contributed by atoms with Crippen LogP contribution in [0, 0.1) is 0 Å². The Morgan fingerprint density at radius 3 is 2.64 bits per heavy atom. The molecule has 0 spiro atoms. The highest BCUT2D eigenvalue weighted by molar-refractivity contribution is 5.73. The van der Waals surface area contributed by atoms with Gasteiger partial charge in [0.05, 0.1) is 6.10 Å². The van der Waals surface area contributed by atoms with Crippen LogP contribution in [-0.4, -0.2) is 51.9 Å². The van der Waals surface area contributed by atoms with E-state index in [4.69, 9.17) is 6.11 Å². The fourth-order valence-electron chi connectivity index (χ4n) is 1.39. The van der Waals surface area contributed by atoms with Crippen LogP contribution in [0.25, 0.3) is 0 Å². The Labute approximate surface area is 82.9 Å². The molecule has 0 saturated carbocycles. The van der Waals surface area contributed by atoms with E-state index in [9.17, 15) is 20.1 Å². The number of amides is 1. The minimum absolute atomic E-state index is 0.512. The van der Waals surface area contributed by atoms with Crippen LogP contribution in [0.5, 0.6) is 0 Å². The van der Waals surface area contributed by atoms with Gasteiger partial charge in [-0.15, -0.1) is 0 Å². The van der Waals surface area contributed by atoms with Crippen molar-refractivity contribution >= 4 is 5.91 Å². The van der Waals surface area contributed by atoms with Crippen molar-refractivity contribution in [1.29, 1.82) is 0 Å². The van der Waals surface area contributed by atoms with Crippen LogP contribution in [-0.2, 0) is 9.53 Å². The Bertz CT molecular complexity index is 239. The number of carbonyl (C=O) groups excluding carboxylic acids is 1. The van der Waals surface area contributed by atoms with Crippen molar-refractivity contribution in [2.75, 3.05) is 0 Å². The summed E-state index contributed by atoms with van der Waals surface area (Å²) in [6, 6.07) is -1.10. The molecule has 0 aromatic carbocycles. The summed E-state index contributed by atoms with van der Waals surface area (Å²) in [7, 11) is 0. The molecule has 0 radical (unpaired) electrons. The summed E-state index contributed by atoms with van der Waals surface area (Å²) in [4.78, 5) is 10.9. The SMILES string of the molecule is [2H]CC(=O)N[C@H]1C(O)O[C@H](C)[C@H](O)[C@@H]1O. The quantitative estimate of drug-likeness (QED) is 0.396. The van der Waals surface area contributed by atoms with Gasteiger partial charge in [0.1, 0.15) is 18.2 Å².